The molecule has 492 valence electrons. The summed E-state index contributed by atoms with van der Waals surface area (Å²) < 4.78 is 12.4. The second-order valence-electron chi connectivity index (χ2n) is 25.6. The molecule has 2 bridgehead atoms. The predicted octanol–water partition coefficient (Wildman–Crippen LogP) is 0.582. The molecule has 11 N–H and O–H groups in total. The molecule has 6 aliphatic heterocycles. The number of aromatic amines is 1. The standard InChI is InChI=1S/C63H82N10O17S/c1-8-59(87)28-34-29-62(58(86)90-7,49-36(16-20-71(30-34)32-59)35-13-10-11-14-39(35)65-49)38-23-37-43(26-44(38)89-6)70(5)55-61(37)18-22-72-19-12-17-60(9-2,54(61)72)56(84)63(55,88)57(85)69-68-33(3)15-21-73-46(74)27-45(52(73)81)91-31-42(53(82)83)67-51(80)41(25-48(77)78)66-50(79)40(64-4)24-47(75)76/h10-14,17,23,26,34,40-42,45,54-56,64-65,84,87-88H,8-9,15-16,18-22,24-25,27-32H2,1-7H3,(H,66,79)(H,67,80)(H,69,85)(H,75,76)(H,77,78)(H,82,83)/b68-33+/t34-,40+,41+,42+,45?,54+,55-,56-,59+,60-,61-,62+,63+/m1/s1. The van der Waals surface area contributed by atoms with Gasteiger partial charge in [-0.1, -0.05) is 44.2 Å². The molecule has 3 saturated heterocycles. The molecule has 1 aromatic heterocycles. The van der Waals surface area contributed by atoms with Crippen molar-refractivity contribution < 1.29 is 83.3 Å². The summed E-state index contributed by atoms with van der Waals surface area (Å²) in [7, 11) is 5.96. The lowest BCUT2D eigenvalue weighted by molar-refractivity contribution is -0.203. The van der Waals surface area contributed by atoms with Gasteiger partial charge in [-0.2, -0.15) is 5.10 Å². The number of carboxylic acids is 3. The van der Waals surface area contributed by atoms with E-state index in [1.54, 1.807) is 14.0 Å². The maximum Gasteiger partial charge on any atom is 0.327 e. The summed E-state index contributed by atoms with van der Waals surface area (Å²) in [4.78, 5) is 130. The third kappa shape index (κ3) is 11.3. The van der Waals surface area contributed by atoms with Gasteiger partial charge in [0.15, 0.2) is 5.60 Å². The molecule has 5 amide bonds. The van der Waals surface area contributed by atoms with Gasteiger partial charge in [-0.15, -0.1) is 11.8 Å². The third-order valence-corrected chi connectivity index (χ3v) is 21.9. The summed E-state index contributed by atoms with van der Waals surface area (Å²) in [6.07, 6.45) is 2.52. The second-order valence-corrected chi connectivity index (χ2v) is 26.8. The predicted molar refractivity (Wildman–Crippen MR) is 331 cm³/mol. The van der Waals surface area contributed by atoms with Crippen LogP contribution in [-0.2, 0) is 65.1 Å². The van der Waals surface area contributed by atoms with Crippen molar-refractivity contribution in [2.45, 2.75) is 149 Å². The molecule has 1 aliphatic carbocycles. The SMILES string of the molecule is CC[C@]1(O)C[C@H]2CN(CCc3c([nH]c4ccccc34)[C@@](C(=O)OC)(c3cc4c(cc3OC)N(C)[C@H]3[C@@](O)(C(=O)N/N=C(\C)CCN5C(=O)CC(SC[C@H](NC(=O)[C@H](CC(=O)O)NC(=O)[C@H](CC(=O)O)NC)C(=O)O)C5=O)[C@H](O)[C@]5(CC)C=CCN6CC[C@]43[C@@H]65)C2)C1. The molecule has 7 aliphatic rings. The Kier molecular flexibility index (Phi) is 18.7. The Morgan fingerprint density at radius 3 is 2.27 bits per heavy atom. The van der Waals surface area contributed by atoms with Crippen LogP contribution in [0.25, 0.3) is 10.9 Å². The van der Waals surface area contributed by atoms with Crippen molar-refractivity contribution in [3.05, 3.63) is 70.9 Å². The van der Waals surface area contributed by atoms with E-state index in [-0.39, 0.29) is 37.4 Å². The zero-order valence-corrected chi connectivity index (χ0v) is 52.9. The molecule has 1 spiro atoms. The number of imide groups is 1. The van der Waals surface area contributed by atoms with Gasteiger partial charge in [0, 0.05) is 115 Å². The summed E-state index contributed by atoms with van der Waals surface area (Å²) in [5, 5.41) is 78.6. The van der Waals surface area contributed by atoms with E-state index in [2.05, 4.69) is 41.3 Å². The normalized spacial score (nSPS) is 31.0. The lowest BCUT2D eigenvalue weighted by Gasteiger charge is -2.63. The number of nitrogens with zero attached hydrogens (tertiary/aromatic N) is 5. The second kappa shape index (κ2) is 25.6. The van der Waals surface area contributed by atoms with Gasteiger partial charge in [-0.25, -0.2) is 10.2 Å². The molecule has 0 radical (unpaired) electrons. The van der Waals surface area contributed by atoms with Gasteiger partial charge >= 0.3 is 23.9 Å². The number of carbonyl (C=O) groups is 9. The summed E-state index contributed by atoms with van der Waals surface area (Å²) >= 11 is 0.754. The monoisotopic (exact) mass is 1280 g/mol. The molecule has 4 fully saturated rings. The van der Waals surface area contributed by atoms with Crippen molar-refractivity contribution in [1.82, 2.24) is 41.1 Å². The van der Waals surface area contributed by atoms with Crippen LogP contribution in [0.1, 0.15) is 101 Å². The molecule has 14 atom stereocenters. The number of carboxylic acid groups (broad SMARTS) is 3. The van der Waals surface area contributed by atoms with E-state index >= 15 is 9.59 Å². The lowest BCUT2D eigenvalue weighted by Crippen LogP contribution is -2.81. The van der Waals surface area contributed by atoms with Crippen molar-refractivity contribution in [2.75, 3.05) is 78.2 Å². The minimum absolute atomic E-state index is 0.0713. The number of H-pyrrole nitrogens is 1. The van der Waals surface area contributed by atoms with E-state index in [1.807, 2.05) is 67.3 Å². The van der Waals surface area contributed by atoms with Gasteiger partial charge in [0.2, 0.25) is 23.6 Å². The van der Waals surface area contributed by atoms with E-state index in [0.717, 1.165) is 38.7 Å². The van der Waals surface area contributed by atoms with Crippen LogP contribution in [0.4, 0.5) is 5.69 Å². The van der Waals surface area contributed by atoms with E-state index in [0.29, 0.717) is 87.5 Å². The van der Waals surface area contributed by atoms with Crippen LogP contribution in [0.15, 0.2) is 53.7 Å². The van der Waals surface area contributed by atoms with Gasteiger partial charge in [-0.05, 0) is 88.2 Å². The van der Waals surface area contributed by atoms with Gasteiger partial charge in [0.1, 0.15) is 29.4 Å². The van der Waals surface area contributed by atoms with Gasteiger partial charge in [-0.3, -0.25) is 53.1 Å². The first-order valence-electron chi connectivity index (χ1n) is 30.9. The van der Waals surface area contributed by atoms with Crippen LogP contribution in [0.2, 0.25) is 0 Å². The molecule has 28 heteroatoms. The smallest absolute Gasteiger partial charge is 0.327 e. The minimum atomic E-state index is -2.60. The molecule has 2 aromatic carbocycles. The number of esters is 1. The largest absolute Gasteiger partial charge is 0.496 e. The van der Waals surface area contributed by atoms with Crippen molar-refractivity contribution >= 4 is 87.5 Å². The number of aliphatic hydroxyl groups is 3. The van der Waals surface area contributed by atoms with Crippen LogP contribution in [0, 0.1) is 11.3 Å². The number of hydrogen-bond acceptors (Lipinski definition) is 20. The highest BCUT2D eigenvalue weighted by molar-refractivity contribution is 8.00. The van der Waals surface area contributed by atoms with Crippen LogP contribution in [0.3, 0.4) is 0 Å². The number of fused-ring (bicyclic) bond motifs is 6. The maximum atomic E-state index is 15.6. The van der Waals surface area contributed by atoms with Gasteiger partial charge in [0.25, 0.3) is 5.91 Å². The minimum Gasteiger partial charge on any atom is -0.496 e. The number of aliphatic carboxylic acids is 3. The summed E-state index contributed by atoms with van der Waals surface area (Å²) in [5.41, 5.74) is -0.403. The zero-order chi connectivity index (χ0) is 65.9. The molecule has 7 heterocycles. The number of amides is 5. The van der Waals surface area contributed by atoms with Crippen LogP contribution in [0.5, 0.6) is 5.75 Å². The van der Waals surface area contributed by atoms with Gasteiger partial charge in [0.05, 0.1) is 50.0 Å². The van der Waals surface area contributed by atoms with E-state index in [4.69, 9.17) is 14.6 Å². The van der Waals surface area contributed by atoms with Crippen molar-refractivity contribution in [3.63, 3.8) is 0 Å². The number of methoxy groups -OCH3 is 2. The number of para-hydroxylation sites is 1. The number of benzene rings is 2. The summed E-state index contributed by atoms with van der Waals surface area (Å²) in [5.74, 6) is -9.85. The van der Waals surface area contributed by atoms with Crippen molar-refractivity contribution in [1.29, 1.82) is 0 Å². The third-order valence-electron chi connectivity index (χ3n) is 20.6. The van der Waals surface area contributed by atoms with Crippen LogP contribution < -0.4 is 31.0 Å². The zero-order valence-electron chi connectivity index (χ0n) is 52.1. The van der Waals surface area contributed by atoms with E-state index in [9.17, 15) is 59.1 Å². The molecular formula is C63H82N10O17S. The Morgan fingerprint density at radius 2 is 1.60 bits per heavy atom. The number of thioether (sulfide) groups is 1. The number of carbonyl (C=O) groups excluding carboxylic acids is 6. The fourth-order valence-corrected chi connectivity index (χ4v) is 17.6. The Balaban J connectivity index is 0.925. The molecule has 27 nitrogen and oxygen atoms in total. The highest BCUT2D eigenvalue weighted by Gasteiger charge is 2.79. The van der Waals surface area contributed by atoms with Crippen LogP contribution >= 0.6 is 11.8 Å². The van der Waals surface area contributed by atoms with Gasteiger partial charge < -0.3 is 65.9 Å². The fraction of sp³-hybridized carbons (Fsp3) is 0.587. The van der Waals surface area contributed by atoms with Crippen LogP contribution in [-0.4, -0.2) is 236 Å². The highest BCUT2D eigenvalue weighted by atomic mass is 32.2. The van der Waals surface area contributed by atoms with Crippen molar-refractivity contribution in [2.24, 2.45) is 16.4 Å². The number of hydrogen-bond donors (Lipinski definition) is 11. The number of likely N-dealkylation sites (tertiary alicyclic amines) is 1. The van der Waals surface area contributed by atoms with E-state index < -0.39 is 141 Å². The first kappa shape index (κ1) is 66.5. The number of rotatable bonds is 23. The Labute approximate surface area is 529 Å². The Hall–Kier alpha value is -7.47. The molecule has 1 saturated carbocycles. The molecule has 2 unspecified atom stereocenters. The Morgan fingerprint density at radius 1 is 0.901 bits per heavy atom. The fourth-order valence-electron chi connectivity index (χ4n) is 16.4. The molecule has 10 rings (SSSR count). The number of piperidine rings is 1. The first-order chi connectivity index (χ1) is 43.2. The van der Waals surface area contributed by atoms with Crippen molar-refractivity contribution in [3.8, 4) is 5.75 Å². The Bertz CT molecular complexity index is 3510. The number of ether oxygens (including phenoxy) is 2. The number of nitrogens with one attached hydrogen (secondary N) is 5. The number of likely N-dealkylation sites (N-methyl/N-ethyl adjacent to an activating group) is 2. The summed E-state index contributed by atoms with van der Waals surface area (Å²) in [6, 6.07) is 5.29. The number of aromatic nitrogens is 1. The maximum absolute atomic E-state index is 15.6. The average Bonchev–Trinajstić information content (AvgIpc) is 1.52. The quantitative estimate of drug-likeness (QED) is 0.0203. The molecular weight excluding hydrogens is 1200 g/mol. The summed E-state index contributed by atoms with van der Waals surface area (Å²) in [6.45, 7) is 8.02. The lowest BCUT2D eigenvalue weighted by atomic mass is 9.47. The number of hydrazone groups is 1. The topological polar surface area (TPSA) is 383 Å². The van der Waals surface area contributed by atoms with E-state index in [1.165, 1.54) is 21.3 Å². The average molecular weight is 1280 g/mol. The molecule has 3 aromatic rings. The molecule has 91 heavy (non-hydrogen) atoms. The number of anilines is 1. The first-order valence-corrected chi connectivity index (χ1v) is 31.9. The number of aliphatic hydroxyl groups excluding tert-OH is 1. The highest BCUT2D eigenvalue weighted by Crippen LogP contribution is 2.68.